The molecule has 0 saturated carbocycles. The standard InChI is InChI=1S/C26H22N2O4/c1-31-17-9-7-8-16(14-17)24-23(20-12-5-6-13-21(20)27-24)25-18-10-3-4-11-19(18)26(30)28(25)15-22(29)32-2/h3-14,25,27H,15H2,1-2H3/t25-/m1/s1. The van der Waals surface area contributed by atoms with Gasteiger partial charge in [0, 0.05) is 27.6 Å². The Hall–Kier alpha value is -4.06. The Morgan fingerprint density at radius 2 is 1.78 bits per heavy atom. The molecule has 4 aromatic rings. The van der Waals surface area contributed by atoms with Crippen LogP contribution in [0.1, 0.15) is 27.5 Å². The number of ether oxygens (including phenoxy) is 2. The fourth-order valence-corrected chi connectivity index (χ4v) is 4.50. The highest BCUT2D eigenvalue weighted by atomic mass is 16.5. The van der Waals surface area contributed by atoms with Crippen molar-refractivity contribution in [2.24, 2.45) is 0 Å². The van der Waals surface area contributed by atoms with Crippen molar-refractivity contribution < 1.29 is 19.1 Å². The van der Waals surface area contributed by atoms with Crippen LogP contribution in [0.4, 0.5) is 0 Å². The molecule has 1 N–H and O–H groups in total. The van der Waals surface area contributed by atoms with Gasteiger partial charge in [0.25, 0.3) is 5.91 Å². The van der Waals surface area contributed by atoms with E-state index in [1.165, 1.54) is 7.11 Å². The van der Waals surface area contributed by atoms with Crippen LogP contribution in [0.15, 0.2) is 72.8 Å². The van der Waals surface area contributed by atoms with E-state index in [9.17, 15) is 9.59 Å². The Balaban J connectivity index is 1.78. The lowest BCUT2D eigenvalue weighted by molar-refractivity contribution is -0.141. The number of carbonyl (C=O) groups excluding carboxylic acids is 2. The monoisotopic (exact) mass is 426 g/mol. The third-order valence-corrected chi connectivity index (χ3v) is 5.96. The second kappa shape index (κ2) is 7.89. The first-order valence-electron chi connectivity index (χ1n) is 10.3. The van der Waals surface area contributed by atoms with Crippen LogP contribution in [0.25, 0.3) is 22.2 Å². The van der Waals surface area contributed by atoms with Crippen LogP contribution >= 0.6 is 0 Å². The molecule has 32 heavy (non-hydrogen) atoms. The largest absolute Gasteiger partial charge is 0.497 e. The van der Waals surface area contributed by atoms with Gasteiger partial charge in [-0.25, -0.2) is 0 Å². The number of methoxy groups -OCH3 is 2. The quantitative estimate of drug-likeness (QED) is 0.475. The number of nitrogens with one attached hydrogen (secondary N) is 1. The summed E-state index contributed by atoms with van der Waals surface area (Å²) < 4.78 is 10.3. The number of benzene rings is 3. The van der Waals surface area contributed by atoms with Crippen LogP contribution in [-0.2, 0) is 9.53 Å². The first-order chi connectivity index (χ1) is 15.6. The van der Waals surface area contributed by atoms with Gasteiger partial charge in [0.05, 0.1) is 26.0 Å². The van der Waals surface area contributed by atoms with E-state index >= 15 is 0 Å². The predicted molar refractivity (Wildman–Crippen MR) is 122 cm³/mol. The van der Waals surface area contributed by atoms with Crippen molar-refractivity contribution in [1.82, 2.24) is 9.88 Å². The molecule has 0 spiro atoms. The van der Waals surface area contributed by atoms with Crippen molar-refractivity contribution in [1.29, 1.82) is 0 Å². The van der Waals surface area contributed by atoms with E-state index in [1.807, 2.05) is 72.8 Å². The van der Waals surface area contributed by atoms with E-state index in [0.717, 1.165) is 39.0 Å². The molecule has 0 bridgehead atoms. The van der Waals surface area contributed by atoms with Gasteiger partial charge in [0.2, 0.25) is 0 Å². The lowest BCUT2D eigenvalue weighted by atomic mass is 9.93. The minimum Gasteiger partial charge on any atom is -0.497 e. The Labute approximate surface area is 185 Å². The third-order valence-electron chi connectivity index (χ3n) is 5.96. The van der Waals surface area contributed by atoms with Crippen LogP contribution in [0, 0.1) is 0 Å². The van der Waals surface area contributed by atoms with Crippen molar-refractivity contribution in [3.63, 3.8) is 0 Å². The van der Waals surface area contributed by atoms with Crippen LogP contribution < -0.4 is 4.74 Å². The van der Waals surface area contributed by atoms with Gasteiger partial charge in [-0.3, -0.25) is 9.59 Å². The maximum atomic E-state index is 13.3. The van der Waals surface area contributed by atoms with Crippen LogP contribution in [0.5, 0.6) is 5.75 Å². The predicted octanol–water partition coefficient (Wildman–Crippen LogP) is 4.56. The molecule has 1 aliphatic rings. The topological polar surface area (TPSA) is 71.6 Å². The van der Waals surface area contributed by atoms with Crippen molar-refractivity contribution in [3.8, 4) is 17.0 Å². The molecule has 0 aliphatic carbocycles. The fourth-order valence-electron chi connectivity index (χ4n) is 4.50. The smallest absolute Gasteiger partial charge is 0.325 e. The van der Waals surface area contributed by atoms with Crippen LogP contribution in [0.3, 0.4) is 0 Å². The maximum absolute atomic E-state index is 13.3. The average molecular weight is 426 g/mol. The normalized spacial score (nSPS) is 15.1. The summed E-state index contributed by atoms with van der Waals surface area (Å²) >= 11 is 0. The molecule has 160 valence electrons. The van der Waals surface area contributed by atoms with Gasteiger partial charge in [0.15, 0.2) is 0 Å². The molecule has 0 saturated heterocycles. The lowest BCUT2D eigenvalue weighted by Crippen LogP contribution is -2.34. The molecule has 3 aromatic carbocycles. The molecule has 0 unspecified atom stereocenters. The highest BCUT2D eigenvalue weighted by Crippen LogP contribution is 2.45. The van der Waals surface area contributed by atoms with Crippen LogP contribution in [0.2, 0.25) is 0 Å². The minimum atomic E-state index is -0.459. The molecular formula is C26H22N2O4. The summed E-state index contributed by atoms with van der Waals surface area (Å²) in [5.41, 5.74) is 5.18. The van der Waals surface area contributed by atoms with Crippen molar-refractivity contribution in [2.45, 2.75) is 6.04 Å². The summed E-state index contributed by atoms with van der Waals surface area (Å²) in [6, 6.07) is 22.9. The molecule has 0 fully saturated rings. The molecule has 2 heterocycles. The number of hydrogen-bond acceptors (Lipinski definition) is 4. The van der Waals surface area contributed by atoms with Crippen LogP contribution in [-0.4, -0.2) is 42.5 Å². The summed E-state index contributed by atoms with van der Waals surface area (Å²) in [5, 5.41) is 0.995. The molecule has 0 radical (unpaired) electrons. The number of aromatic nitrogens is 1. The average Bonchev–Trinajstić information content (AvgIpc) is 3.34. The summed E-state index contributed by atoms with van der Waals surface area (Å²) in [7, 11) is 2.97. The zero-order valence-corrected chi connectivity index (χ0v) is 17.8. The van der Waals surface area contributed by atoms with E-state index in [2.05, 4.69) is 4.98 Å². The van der Waals surface area contributed by atoms with Gasteiger partial charge < -0.3 is 19.4 Å². The van der Waals surface area contributed by atoms with Crippen molar-refractivity contribution in [3.05, 3.63) is 89.5 Å². The number of aromatic amines is 1. The van der Waals surface area contributed by atoms with Crippen molar-refractivity contribution in [2.75, 3.05) is 20.8 Å². The number of H-pyrrole nitrogens is 1. The first kappa shape index (κ1) is 19.9. The molecule has 1 atom stereocenters. The van der Waals surface area contributed by atoms with Gasteiger partial charge in [-0.2, -0.15) is 0 Å². The Kier molecular flexibility index (Phi) is 4.90. The number of fused-ring (bicyclic) bond motifs is 2. The maximum Gasteiger partial charge on any atom is 0.325 e. The summed E-state index contributed by atoms with van der Waals surface area (Å²) in [5.74, 6) is 0.0956. The second-order valence-corrected chi connectivity index (χ2v) is 7.69. The molecule has 1 aliphatic heterocycles. The molecular weight excluding hydrogens is 404 g/mol. The summed E-state index contributed by atoms with van der Waals surface area (Å²) in [6.07, 6.45) is 0. The third kappa shape index (κ3) is 3.12. The Morgan fingerprint density at radius 3 is 2.59 bits per heavy atom. The molecule has 6 nitrogen and oxygen atoms in total. The Morgan fingerprint density at radius 1 is 1.00 bits per heavy atom. The number of carbonyl (C=O) groups is 2. The van der Waals surface area contributed by atoms with Gasteiger partial charge in [0.1, 0.15) is 12.3 Å². The van der Waals surface area contributed by atoms with Gasteiger partial charge in [-0.05, 0) is 29.8 Å². The zero-order valence-electron chi connectivity index (χ0n) is 17.8. The molecule has 1 amide bonds. The minimum absolute atomic E-state index is 0.133. The van der Waals surface area contributed by atoms with E-state index in [0.29, 0.717) is 5.56 Å². The van der Waals surface area contributed by atoms with E-state index in [4.69, 9.17) is 9.47 Å². The first-order valence-corrected chi connectivity index (χ1v) is 10.3. The van der Waals surface area contributed by atoms with Gasteiger partial charge in [-0.15, -0.1) is 0 Å². The molecule has 5 rings (SSSR count). The Bertz CT molecular complexity index is 1340. The van der Waals surface area contributed by atoms with E-state index in [-0.39, 0.29) is 12.5 Å². The highest BCUT2D eigenvalue weighted by Gasteiger charge is 2.41. The summed E-state index contributed by atoms with van der Waals surface area (Å²) in [4.78, 5) is 30.7. The lowest BCUT2D eigenvalue weighted by Gasteiger charge is -2.25. The van der Waals surface area contributed by atoms with E-state index < -0.39 is 12.0 Å². The number of amides is 1. The number of nitrogens with zero attached hydrogens (tertiary/aromatic N) is 1. The SMILES string of the molecule is COC(=O)CN1C(=O)c2ccccc2[C@@H]1c1c(-c2cccc(OC)c2)[nH]c2ccccc12. The van der Waals surface area contributed by atoms with Gasteiger partial charge >= 0.3 is 5.97 Å². The van der Waals surface area contributed by atoms with Crippen molar-refractivity contribution >= 4 is 22.8 Å². The number of esters is 1. The molecule has 6 heteroatoms. The van der Waals surface area contributed by atoms with E-state index in [1.54, 1.807) is 12.0 Å². The number of hydrogen-bond donors (Lipinski definition) is 1. The second-order valence-electron chi connectivity index (χ2n) is 7.69. The molecule has 1 aromatic heterocycles. The zero-order chi connectivity index (χ0) is 22.2. The highest BCUT2D eigenvalue weighted by molar-refractivity contribution is 6.03. The fraction of sp³-hybridized carbons (Fsp3) is 0.154. The number of rotatable bonds is 5. The summed E-state index contributed by atoms with van der Waals surface area (Å²) in [6.45, 7) is -0.133. The number of para-hydroxylation sites is 1. The van der Waals surface area contributed by atoms with Gasteiger partial charge in [-0.1, -0.05) is 48.5 Å².